The molecule has 0 atom stereocenters. The number of hydrogen-bond acceptors (Lipinski definition) is 5. The van der Waals surface area contributed by atoms with Gasteiger partial charge >= 0.3 is 5.69 Å². The zero-order chi connectivity index (χ0) is 16.7. The average Bonchev–Trinajstić information content (AvgIpc) is 2.88. The fourth-order valence-corrected chi connectivity index (χ4v) is 2.51. The number of nitrogens with two attached hydrogens (primary N) is 1. The van der Waals surface area contributed by atoms with Gasteiger partial charge in [0.15, 0.2) is 11.2 Å². The maximum Gasteiger partial charge on any atom is 0.332 e. The molecule has 3 aromatic rings. The number of hydrazine groups is 1. The molecule has 0 aliphatic heterocycles. The van der Waals surface area contributed by atoms with Crippen molar-refractivity contribution in [1.82, 2.24) is 18.7 Å². The summed E-state index contributed by atoms with van der Waals surface area (Å²) >= 11 is 0. The Morgan fingerprint density at radius 3 is 2.57 bits per heavy atom. The number of hydrogen-bond donors (Lipinski definition) is 2. The Balaban J connectivity index is 2.30. The zero-order valence-electron chi connectivity index (χ0n) is 12.6. The predicted octanol–water partition coefficient (Wildman–Crippen LogP) is -0.0933. The lowest BCUT2D eigenvalue weighted by Gasteiger charge is -2.09. The normalized spacial score (nSPS) is 11.1. The summed E-state index contributed by atoms with van der Waals surface area (Å²) in [5.41, 5.74) is 1.90. The lowest BCUT2D eigenvalue weighted by atomic mass is 10.2. The number of anilines is 1. The molecule has 1 aromatic carbocycles. The van der Waals surface area contributed by atoms with Crippen molar-refractivity contribution < 1.29 is 4.39 Å². The molecule has 0 aliphatic carbocycles. The van der Waals surface area contributed by atoms with Crippen molar-refractivity contribution in [2.24, 2.45) is 19.9 Å². The Bertz CT molecular complexity index is 1020. The lowest BCUT2D eigenvalue weighted by Crippen LogP contribution is -2.40. The number of imidazole rings is 1. The number of halogens is 1. The molecule has 0 unspecified atom stereocenters. The minimum Gasteiger partial charge on any atom is -0.306 e. The lowest BCUT2D eigenvalue weighted by molar-refractivity contribution is 0.582. The van der Waals surface area contributed by atoms with Crippen LogP contribution in [0.25, 0.3) is 11.2 Å². The first-order valence-corrected chi connectivity index (χ1v) is 6.82. The molecule has 0 saturated heterocycles. The van der Waals surface area contributed by atoms with Gasteiger partial charge in [-0.25, -0.2) is 15.0 Å². The fourth-order valence-electron chi connectivity index (χ4n) is 2.51. The van der Waals surface area contributed by atoms with Crippen LogP contribution in [-0.4, -0.2) is 18.7 Å². The highest BCUT2D eigenvalue weighted by Crippen LogP contribution is 2.13. The molecular weight excluding hydrogens is 303 g/mol. The van der Waals surface area contributed by atoms with Gasteiger partial charge in [-0.15, -0.1) is 0 Å². The van der Waals surface area contributed by atoms with Crippen LogP contribution >= 0.6 is 0 Å². The van der Waals surface area contributed by atoms with E-state index in [1.54, 1.807) is 19.2 Å². The number of nitrogen functional groups attached to an aromatic ring is 1. The Kier molecular flexibility index (Phi) is 3.49. The van der Waals surface area contributed by atoms with Crippen LogP contribution in [0.4, 0.5) is 10.3 Å². The predicted molar refractivity (Wildman–Crippen MR) is 83.5 cm³/mol. The summed E-state index contributed by atoms with van der Waals surface area (Å²) in [4.78, 5) is 29.2. The summed E-state index contributed by atoms with van der Waals surface area (Å²) in [6.45, 7) is -0.162. The zero-order valence-corrected chi connectivity index (χ0v) is 12.6. The van der Waals surface area contributed by atoms with E-state index in [0.29, 0.717) is 0 Å². The molecule has 0 saturated carbocycles. The van der Waals surface area contributed by atoms with Gasteiger partial charge in [0.1, 0.15) is 5.82 Å². The minimum absolute atomic E-state index is 0.162. The first-order valence-electron chi connectivity index (χ1n) is 6.82. The molecule has 0 aliphatic rings. The van der Waals surface area contributed by atoms with Gasteiger partial charge in [0, 0.05) is 19.7 Å². The number of benzene rings is 1. The first-order chi connectivity index (χ1) is 11.0. The topological polar surface area (TPSA) is 99.9 Å². The highest BCUT2D eigenvalue weighted by molar-refractivity contribution is 5.73. The van der Waals surface area contributed by atoms with E-state index in [4.69, 9.17) is 5.84 Å². The Labute approximate surface area is 129 Å². The highest BCUT2D eigenvalue weighted by atomic mass is 19.1. The van der Waals surface area contributed by atoms with Crippen molar-refractivity contribution in [2.45, 2.75) is 6.54 Å². The molecule has 9 heteroatoms. The van der Waals surface area contributed by atoms with Crippen LogP contribution in [-0.2, 0) is 20.6 Å². The molecule has 2 heterocycles. The quantitative estimate of drug-likeness (QED) is 0.519. The summed E-state index contributed by atoms with van der Waals surface area (Å²) in [5.74, 6) is 5.13. The van der Waals surface area contributed by atoms with Gasteiger partial charge in [0.2, 0.25) is 5.95 Å². The molecule has 120 valence electrons. The number of nitrogens with zero attached hydrogens (tertiary/aromatic N) is 4. The molecule has 0 fully saturated rings. The van der Waals surface area contributed by atoms with Crippen molar-refractivity contribution >= 4 is 17.1 Å². The Hall–Kier alpha value is -2.94. The van der Waals surface area contributed by atoms with E-state index in [-0.39, 0.29) is 29.2 Å². The molecule has 0 spiro atoms. The third-order valence-corrected chi connectivity index (χ3v) is 3.78. The summed E-state index contributed by atoms with van der Waals surface area (Å²) in [6, 6.07) is 6.00. The van der Waals surface area contributed by atoms with Gasteiger partial charge in [-0.05, 0) is 6.07 Å². The molecular formula is C14H15FN6O2. The van der Waals surface area contributed by atoms with Crippen LogP contribution in [0, 0.1) is 5.82 Å². The van der Waals surface area contributed by atoms with Crippen LogP contribution in [0.3, 0.4) is 0 Å². The molecule has 0 amide bonds. The van der Waals surface area contributed by atoms with Crippen LogP contribution < -0.4 is 22.5 Å². The van der Waals surface area contributed by atoms with E-state index >= 15 is 0 Å². The van der Waals surface area contributed by atoms with E-state index in [0.717, 1.165) is 4.57 Å². The van der Waals surface area contributed by atoms with Crippen molar-refractivity contribution in [3.05, 3.63) is 56.5 Å². The first kappa shape index (κ1) is 15.0. The van der Waals surface area contributed by atoms with E-state index in [9.17, 15) is 14.0 Å². The highest BCUT2D eigenvalue weighted by Gasteiger charge is 2.18. The maximum atomic E-state index is 13.8. The van der Waals surface area contributed by atoms with Crippen molar-refractivity contribution in [2.75, 3.05) is 5.43 Å². The molecule has 2 aromatic heterocycles. The molecule has 0 radical (unpaired) electrons. The SMILES string of the molecule is Cn1c(NN)nc2c1c(=O)n(Cc1ccccc1F)c(=O)n2C. The summed E-state index contributed by atoms with van der Waals surface area (Å²) in [5, 5.41) is 0. The third-order valence-electron chi connectivity index (χ3n) is 3.78. The smallest absolute Gasteiger partial charge is 0.306 e. The van der Waals surface area contributed by atoms with Crippen LogP contribution in [0.2, 0.25) is 0 Å². The van der Waals surface area contributed by atoms with Crippen molar-refractivity contribution in [3.63, 3.8) is 0 Å². The fraction of sp³-hybridized carbons (Fsp3) is 0.214. The van der Waals surface area contributed by atoms with E-state index in [1.807, 2.05) is 0 Å². The summed E-state index contributed by atoms with van der Waals surface area (Å²) in [7, 11) is 3.10. The number of fused-ring (bicyclic) bond motifs is 1. The van der Waals surface area contributed by atoms with Gasteiger partial charge < -0.3 is 4.57 Å². The molecule has 0 bridgehead atoms. The van der Waals surface area contributed by atoms with Gasteiger partial charge in [-0.2, -0.15) is 4.98 Å². The van der Waals surface area contributed by atoms with E-state index < -0.39 is 17.1 Å². The number of nitrogens with one attached hydrogen (secondary N) is 1. The van der Waals surface area contributed by atoms with Gasteiger partial charge in [-0.1, -0.05) is 18.2 Å². The average molecular weight is 318 g/mol. The summed E-state index contributed by atoms with van der Waals surface area (Å²) < 4.78 is 17.5. The molecule has 3 N–H and O–H groups in total. The second-order valence-electron chi connectivity index (χ2n) is 5.14. The number of aryl methyl sites for hydroxylation is 2. The molecule has 23 heavy (non-hydrogen) atoms. The van der Waals surface area contributed by atoms with Crippen molar-refractivity contribution in [1.29, 1.82) is 0 Å². The van der Waals surface area contributed by atoms with Crippen LogP contribution in [0.5, 0.6) is 0 Å². The Morgan fingerprint density at radius 1 is 1.22 bits per heavy atom. The number of rotatable bonds is 3. The third kappa shape index (κ3) is 2.21. The van der Waals surface area contributed by atoms with Crippen molar-refractivity contribution in [3.8, 4) is 0 Å². The van der Waals surface area contributed by atoms with Gasteiger partial charge in [-0.3, -0.25) is 19.4 Å². The van der Waals surface area contributed by atoms with Gasteiger partial charge in [0.05, 0.1) is 6.54 Å². The minimum atomic E-state index is -0.576. The van der Waals surface area contributed by atoms with Gasteiger partial charge in [0.25, 0.3) is 5.56 Å². The largest absolute Gasteiger partial charge is 0.332 e. The van der Waals surface area contributed by atoms with E-state index in [2.05, 4.69) is 10.4 Å². The monoisotopic (exact) mass is 318 g/mol. The second-order valence-corrected chi connectivity index (χ2v) is 5.14. The van der Waals surface area contributed by atoms with E-state index in [1.165, 1.54) is 28.3 Å². The second kappa shape index (κ2) is 5.36. The Morgan fingerprint density at radius 2 is 1.91 bits per heavy atom. The number of aromatic nitrogens is 4. The molecule has 3 rings (SSSR count). The van der Waals surface area contributed by atoms with Crippen LogP contribution in [0.15, 0.2) is 33.9 Å². The summed E-state index contributed by atoms with van der Waals surface area (Å²) in [6.07, 6.45) is 0. The molecule has 8 nitrogen and oxygen atoms in total. The maximum absolute atomic E-state index is 13.8. The standard InChI is InChI=1S/C14H15FN6O2/c1-19-10-11(17-13(19)18-16)20(2)14(23)21(12(10)22)7-8-5-3-4-6-9(8)15/h3-6H,7,16H2,1-2H3,(H,17,18). The van der Waals surface area contributed by atoms with Crippen LogP contribution in [0.1, 0.15) is 5.56 Å².